The number of carboxylic acids is 1. The number of fused-ring (bicyclic) bond motifs is 5. The monoisotopic (exact) mass is 482 g/mol. The third-order valence-corrected chi connectivity index (χ3v) is 11.6. The summed E-state index contributed by atoms with van der Waals surface area (Å²) in [6, 6.07) is 0. The van der Waals surface area contributed by atoms with E-state index in [4.69, 9.17) is 9.84 Å². The zero-order chi connectivity index (χ0) is 26.0. The molecule has 0 bridgehead atoms. The van der Waals surface area contributed by atoms with Gasteiger partial charge in [-0.3, -0.25) is 4.79 Å². The van der Waals surface area contributed by atoms with Crippen molar-refractivity contribution >= 4 is 11.8 Å². The van der Waals surface area contributed by atoms with Crippen molar-refractivity contribution in [2.24, 2.45) is 39.4 Å². The van der Waals surface area contributed by atoms with Crippen molar-refractivity contribution in [1.82, 2.24) is 0 Å². The van der Waals surface area contributed by atoms with Crippen LogP contribution in [0, 0.1) is 39.4 Å². The predicted octanol–water partition coefficient (Wildman–Crippen LogP) is 7.15. The molecule has 0 heterocycles. The van der Waals surface area contributed by atoms with Crippen molar-refractivity contribution in [3.05, 3.63) is 34.9 Å². The minimum absolute atomic E-state index is 0.0144. The van der Waals surface area contributed by atoms with E-state index in [9.17, 15) is 9.59 Å². The molecule has 0 saturated heterocycles. The topological polar surface area (TPSA) is 63.6 Å². The number of carbonyl (C=O) groups excluding carboxylic acids is 1. The molecule has 0 radical (unpaired) electrons. The summed E-state index contributed by atoms with van der Waals surface area (Å²) in [4.78, 5) is 23.9. The minimum Gasteiger partial charge on any atom is -0.478 e. The van der Waals surface area contributed by atoms with Crippen LogP contribution in [0.1, 0.15) is 93.4 Å². The van der Waals surface area contributed by atoms with Crippen LogP contribution in [0.2, 0.25) is 0 Å². The molecule has 4 heteroatoms. The molecular weight excluding hydrogens is 436 g/mol. The van der Waals surface area contributed by atoms with Crippen LogP contribution in [0.15, 0.2) is 34.9 Å². The van der Waals surface area contributed by atoms with Gasteiger partial charge in [-0.25, -0.2) is 4.79 Å². The van der Waals surface area contributed by atoms with E-state index in [-0.39, 0.29) is 33.5 Å². The first-order valence-electron chi connectivity index (χ1n) is 13.6. The van der Waals surface area contributed by atoms with Crippen LogP contribution in [-0.2, 0) is 14.3 Å². The summed E-state index contributed by atoms with van der Waals surface area (Å²) in [6.45, 7) is 15.9. The number of allylic oxidation sites excluding steroid dienone is 5. The van der Waals surface area contributed by atoms with E-state index in [0.717, 1.165) is 25.7 Å². The lowest BCUT2D eigenvalue weighted by Gasteiger charge is -2.62. The first kappa shape index (κ1) is 26.4. The molecule has 0 unspecified atom stereocenters. The lowest BCUT2D eigenvalue weighted by Crippen LogP contribution is -2.56. The maximum absolute atomic E-state index is 12.7. The molecule has 0 aromatic heterocycles. The quantitative estimate of drug-likeness (QED) is 0.408. The fourth-order valence-electron chi connectivity index (χ4n) is 9.00. The number of carboxylic acid groups (broad SMARTS) is 1. The van der Waals surface area contributed by atoms with Crippen molar-refractivity contribution in [2.75, 3.05) is 7.11 Å². The fourth-order valence-corrected chi connectivity index (χ4v) is 9.00. The van der Waals surface area contributed by atoms with Crippen molar-refractivity contribution in [2.45, 2.75) is 99.5 Å². The van der Waals surface area contributed by atoms with Gasteiger partial charge in [-0.2, -0.15) is 0 Å². The number of methoxy groups -OCH3 is 1. The third-order valence-electron chi connectivity index (χ3n) is 11.6. The molecule has 4 aliphatic carbocycles. The largest absolute Gasteiger partial charge is 0.478 e. The second-order valence-corrected chi connectivity index (χ2v) is 13.4. The van der Waals surface area contributed by atoms with Crippen molar-refractivity contribution < 1.29 is 19.4 Å². The molecule has 194 valence electrons. The Kier molecular flexibility index (Phi) is 6.57. The molecule has 4 aliphatic rings. The van der Waals surface area contributed by atoms with Crippen LogP contribution in [0.5, 0.6) is 0 Å². The van der Waals surface area contributed by atoms with E-state index in [1.165, 1.54) is 25.8 Å². The first-order valence-corrected chi connectivity index (χ1v) is 13.6. The molecule has 0 aromatic rings. The molecule has 2 fully saturated rings. The highest BCUT2D eigenvalue weighted by molar-refractivity contribution is 5.98. The van der Waals surface area contributed by atoms with E-state index in [1.807, 2.05) is 7.11 Å². The summed E-state index contributed by atoms with van der Waals surface area (Å²) < 4.78 is 5.95. The number of rotatable bonds is 6. The van der Waals surface area contributed by atoms with Crippen molar-refractivity contribution in [1.29, 1.82) is 0 Å². The zero-order valence-corrected chi connectivity index (χ0v) is 23.2. The van der Waals surface area contributed by atoms with Gasteiger partial charge in [0.15, 0.2) is 5.78 Å². The maximum Gasteiger partial charge on any atom is 0.331 e. The van der Waals surface area contributed by atoms with Gasteiger partial charge in [0.05, 0.1) is 6.10 Å². The lowest BCUT2D eigenvalue weighted by molar-refractivity contribution is -0.133. The molecule has 35 heavy (non-hydrogen) atoms. The normalized spacial score (nSPS) is 41.1. The van der Waals surface area contributed by atoms with Crippen LogP contribution < -0.4 is 0 Å². The smallest absolute Gasteiger partial charge is 0.331 e. The second kappa shape index (κ2) is 8.71. The number of carbonyl (C=O) groups is 2. The Labute approximate surface area is 212 Å². The van der Waals surface area contributed by atoms with Gasteiger partial charge >= 0.3 is 5.97 Å². The van der Waals surface area contributed by atoms with Gasteiger partial charge in [0.2, 0.25) is 0 Å². The van der Waals surface area contributed by atoms with E-state index < -0.39 is 5.97 Å². The standard InChI is InChI=1S/C31H46O4/c1-19(27(33)34)17-21(32)18-20(2)30(6)15-12-24-22-9-10-25-28(3,4)26(35-8)13-14-29(25,5)23(22)11-16-31(24,30)7/h9,12,17,20,23,25-26H,10-11,13-16,18H2,1-8H3,(H,33,34)/b19-17+/t20-,23-,25+,26-,29-,30+,31-/m1/s1. The number of hydrogen-bond acceptors (Lipinski definition) is 3. The Bertz CT molecular complexity index is 999. The summed E-state index contributed by atoms with van der Waals surface area (Å²) in [5, 5.41) is 9.15. The van der Waals surface area contributed by atoms with E-state index in [2.05, 4.69) is 53.7 Å². The van der Waals surface area contributed by atoms with Gasteiger partial charge in [0.25, 0.3) is 0 Å². The highest BCUT2D eigenvalue weighted by atomic mass is 16.5. The highest BCUT2D eigenvalue weighted by Gasteiger charge is 2.62. The number of aliphatic carboxylic acids is 1. The number of ketones is 1. The summed E-state index contributed by atoms with van der Waals surface area (Å²) in [6.07, 6.45) is 13.9. The van der Waals surface area contributed by atoms with Gasteiger partial charge in [-0.05, 0) is 102 Å². The molecule has 0 aliphatic heterocycles. The molecule has 4 rings (SSSR count). The van der Waals surface area contributed by atoms with Crippen LogP contribution in [0.25, 0.3) is 0 Å². The molecule has 2 saturated carbocycles. The molecule has 4 nitrogen and oxygen atoms in total. The van der Waals surface area contributed by atoms with Gasteiger partial charge in [0.1, 0.15) is 0 Å². The Hall–Kier alpha value is -1.68. The minimum atomic E-state index is -1.02. The molecule has 0 spiro atoms. The van der Waals surface area contributed by atoms with Gasteiger partial charge in [-0.15, -0.1) is 0 Å². The second-order valence-electron chi connectivity index (χ2n) is 13.4. The van der Waals surface area contributed by atoms with E-state index in [1.54, 1.807) is 11.1 Å². The molecule has 0 amide bonds. The number of ether oxygens (including phenoxy) is 1. The Morgan fingerprint density at radius 3 is 2.46 bits per heavy atom. The summed E-state index contributed by atoms with van der Waals surface area (Å²) in [5.41, 5.74) is 3.74. The van der Waals surface area contributed by atoms with Crippen LogP contribution in [-0.4, -0.2) is 30.1 Å². The average molecular weight is 483 g/mol. The molecule has 0 aromatic carbocycles. The van der Waals surface area contributed by atoms with E-state index in [0.29, 0.717) is 29.8 Å². The third kappa shape index (κ3) is 3.81. The Balaban J connectivity index is 1.61. The van der Waals surface area contributed by atoms with Crippen molar-refractivity contribution in [3.63, 3.8) is 0 Å². The Morgan fingerprint density at radius 2 is 1.83 bits per heavy atom. The molecular formula is C31H46O4. The molecule has 1 N–H and O–H groups in total. The van der Waals surface area contributed by atoms with Gasteiger partial charge < -0.3 is 9.84 Å². The van der Waals surface area contributed by atoms with Gasteiger partial charge in [-0.1, -0.05) is 53.7 Å². The molecule has 7 atom stereocenters. The van der Waals surface area contributed by atoms with Gasteiger partial charge in [0, 0.05) is 19.1 Å². The van der Waals surface area contributed by atoms with Crippen LogP contribution in [0.3, 0.4) is 0 Å². The van der Waals surface area contributed by atoms with Crippen LogP contribution in [0.4, 0.5) is 0 Å². The highest BCUT2D eigenvalue weighted by Crippen LogP contribution is 2.70. The van der Waals surface area contributed by atoms with Crippen LogP contribution >= 0.6 is 0 Å². The van der Waals surface area contributed by atoms with E-state index >= 15 is 0 Å². The van der Waals surface area contributed by atoms with Crippen molar-refractivity contribution in [3.8, 4) is 0 Å². The predicted molar refractivity (Wildman–Crippen MR) is 140 cm³/mol. The maximum atomic E-state index is 12.7. The first-order chi connectivity index (χ1) is 16.2. The summed E-state index contributed by atoms with van der Waals surface area (Å²) in [5.74, 6) is 0.297. The summed E-state index contributed by atoms with van der Waals surface area (Å²) >= 11 is 0. The average Bonchev–Trinajstić information content (AvgIpc) is 3.05. The SMILES string of the molecule is CO[C@@H]1CC[C@]2(C)[C@@H]3CC[C@]4(C)C(=CC[C@@]4(C)[C@H](C)CC(=O)/C=C(\C)C(=O)O)C3=CC[C@H]2C1(C)C. The number of hydrogen-bond donors (Lipinski definition) is 1. The lowest BCUT2D eigenvalue weighted by atomic mass is 9.43. The summed E-state index contributed by atoms with van der Waals surface area (Å²) in [7, 11) is 1.88. The Morgan fingerprint density at radius 1 is 1.14 bits per heavy atom. The fraction of sp³-hybridized carbons (Fsp3) is 0.742. The zero-order valence-electron chi connectivity index (χ0n) is 23.2.